The van der Waals surface area contributed by atoms with Crippen LogP contribution < -0.4 is 10.5 Å². The summed E-state index contributed by atoms with van der Waals surface area (Å²) < 4.78 is 5.83. The molecule has 0 saturated carbocycles. The molecule has 2 rings (SSSR count). The van der Waals surface area contributed by atoms with Crippen molar-refractivity contribution in [3.05, 3.63) is 58.6 Å². The van der Waals surface area contributed by atoms with E-state index in [2.05, 4.69) is 0 Å². The van der Waals surface area contributed by atoms with Crippen LogP contribution in [0.5, 0.6) is 11.5 Å². The lowest BCUT2D eigenvalue weighted by Crippen LogP contribution is -2.10. The zero-order valence-corrected chi connectivity index (χ0v) is 11.4. The average molecular weight is 278 g/mol. The minimum absolute atomic E-state index is 0.287. The van der Waals surface area contributed by atoms with Crippen LogP contribution in [0, 0.1) is 6.92 Å². The van der Waals surface area contributed by atoms with Crippen LogP contribution in [-0.4, -0.2) is 4.99 Å². The molecular weight excluding hydrogens is 266 g/mol. The van der Waals surface area contributed by atoms with Crippen molar-refractivity contribution >= 4 is 28.8 Å². The molecule has 0 aromatic heterocycles. The van der Waals surface area contributed by atoms with Crippen molar-refractivity contribution in [2.75, 3.05) is 0 Å². The van der Waals surface area contributed by atoms with E-state index in [0.29, 0.717) is 16.3 Å². The smallest absolute Gasteiger partial charge is 0.139 e. The highest BCUT2D eigenvalue weighted by atomic mass is 35.5. The monoisotopic (exact) mass is 277 g/mol. The zero-order valence-electron chi connectivity index (χ0n) is 9.81. The molecule has 2 nitrogen and oxygen atoms in total. The van der Waals surface area contributed by atoms with Crippen molar-refractivity contribution in [3.63, 3.8) is 0 Å². The Morgan fingerprint density at radius 3 is 2.56 bits per heavy atom. The Labute approximate surface area is 116 Å². The van der Waals surface area contributed by atoms with Crippen LogP contribution in [-0.2, 0) is 0 Å². The molecular formula is C14H12ClNOS. The van der Waals surface area contributed by atoms with Crippen LogP contribution in [0.2, 0.25) is 5.02 Å². The molecule has 92 valence electrons. The number of nitrogens with two attached hydrogens (primary N) is 1. The number of thiocarbonyl (C=S) groups is 1. The van der Waals surface area contributed by atoms with Gasteiger partial charge < -0.3 is 10.5 Å². The quantitative estimate of drug-likeness (QED) is 0.859. The molecule has 0 radical (unpaired) electrons. The lowest BCUT2D eigenvalue weighted by atomic mass is 10.2. The molecule has 0 aliphatic rings. The fraction of sp³-hybridized carbons (Fsp3) is 0.0714. The van der Waals surface area contributed by atoms with Crippen molar-refractivity contribution in [3.8, 4) is 11.5 Å². The van der Waals surface area contributed by atoms with Crippen LogP contribution in [0.25, 0.3) is 0 Å². The largest absolute Gasteiger partial charge is 0.456 e. The second-order valence-corrected chi connectivity index (χ2v) is 4.75. The average Bonchev–Trinajstić information content (AvgIpc) is 2.32. The number of hydrogen-bond acceptors (Lipinski definition) is 2. The van der Waals surface area contributed by atoms with Crippen molar-refractivity contribution in [1.82, 2.24) is 0 Å². The number of halogens is 1. The van der Waals surface area contributed by atoms with Crippen molar-refractivity contribution in [2.24, 2.45) is 5.73 Å². The summed E-state index contributed by atoms with van der Waals surface area (Å²) in [5, 5.41) is 0.582. The summed E-state index contributed by atoms with van der Waals surface area (Å²) in [4.78, 5) is 0.287. The highest BCUT2D eigenvalue weighted by Gasteiger charge is 2.09. The summed E-state index contributed by atoms with van der Waals surface area (Å²) >= 11 is 11.0. The second-order valence-electron chi connectivity index (χ2n) is 3.87. The lowest BCUT2D eigenvalue weighted by molar-refractivity contribution is 0.478. The van der Waals surface area contributed by atoms with Crippen LogP contribution in [0.1, 0.15) is 11.1 Å². The summed E-state index contributed by atoms with van der Waals surface area (Å²) in [5.74, 6) is 1.33. The van der Waals surface area contributed by atoms with E-state index in [0.717, 1.165) is 11.3 Å². The molecule has 2 aromatic rings. The topological polar surface area (TPSA) is 35.2 Å². The number of para-hydroxylation sites is 1. The lowest BCUT2D eigenvalue weighted by Gasteiger charge is -2.12. The molecule has 0 saturated heterocycles. The summed E-state index contributed by atoms with van der Waals surface area (Å²) in [6.45, 7) is 1.97. The van der Waals surface area contributed by atoms with Crippen LogP contribution in [0.15, 0.2) is 42.5 Å². The first kappa shape index (κ1) is 12.9. The Morgan fingerprint density at radius 1 is 1.17 bits per heavy atom. The first-order valence-corrected chi connectivity index (χ1v) is 6.19. The van der Waals surface area contributed by atoms with Gasteiger partial charge in [-0.1, -0.05) is 42.0 Å². The zero-order chi connectivity index (χ0) is 13.1. The van der Waals surface area contributed by atoms with E-state index in [1.54, 1.807) is 18.2 Å². The van der Waals surface area contributed by atoms with Gasteiger partial charge in [-0.15, -0.1) is 0 Å². The van der Waals surface area contributed by atoms with Gasteiger partial charge in [0, 0.05) is 11.1 Å². The molecule has 2 aromatic carbocycles. The molecule has 0 heterocycles. The van der Waals surface area contributed by atoms with Gasteiger partial charge in [0.25, 0.3) is 0 Å². The van der Waals surface area contributed by atoms with E-state index in [1.807, 2.05) is 31.2 Å². The van der Waals surface area contributed by atoms with Crippen molar-refractivity contribution < 1.29 is 4.74 Å². The Bertz CT molecular complexity index is 598. The van der Waals surface area contributed by atoms with Crippen LogP contribution in [0.4, 0.5) is 0 Å². The summed E-state index contributed by atoms with van der Waals surface area (Å²) in [6, 6.07) is 12.9. The molecule has 2 N–H and O–H groups in total. The standard InChI is InChI=1S/C14H12ClNOS/c1-9-4-2-3-5-12(9)17-13-8-10(15)6-7-11(13)14(16)18/h2-8H,1H3,(H2,16,18). The van der Waals surface area contributed by atoms with Gasteiger partial charge in [0.2, 0.25) is 0 Å². The fourth-order valence-electron chi connectivity index (χ4n) is 1.57. The highest BCUT2D eigenvalue weighted by Crippen LogP contribution is 2.30. The first-order valence-electron chi connectivity index (χ1n) is 5.41. The Kier molecular flexibility index (Phi) is 3.84. The summed E-state index contributed by atoms with van der Waals surface area (Å²) in [5.41, 5.74) is 7.38. The molecule has 0 unspecified atom stereocenters. The van der Waals surface area contributed by atoms with Gasteiger partial charge in [0.05, 0.1) is 5.56 Å². The SMILES string of the molecule is Cc1ccccc1Oc1cc(Cl)ccc1C(N)=S. The maximum Gasteiger partial charge on any atom is 0.139 e. The molecule has 0 spiro atoms. The van der Waals surface area contributed by atoms with E-state index in [1.165, 1.54) is 0 Å². The molecule has 0 amide bonds. The number of aryl methyl sites for hydroxylation is 1. The highest BCUT2D eigenvalue weighted by molar-refractivity contribution is 7.80. The van der Waals surface area contributed by atoms with Gasteiger partial charge in [0.1, 0.15) is 16.5 Å². The van der Waals surface area contributed by atoms with Crippen molar-refractivity contribution in [1.29, 1.82) is 0 Å². The normalized spacial score (nSPS) is 10.1. The van der Waals surface area contributed by atoms with Gasteiger partial charge in [-0.3, -0.25) is 0 Å². The minimum atomic E-state index is 0.287. The predicted octanol–water partition coefficient (Wildman–Crippen LogP) is 4.07. The third kappa shape index (κ3) is 2.81. The van der Waals surface area contributed by atoms with Crippen LogP contribution >= 0.6 is 23.8 Å². The molecule has 4 heteroatoms. The number of hydrogen-bond donors (Lipinski definition) is 1. The molecule has 18 heavy (non-hydrogen) atoms. The minimum Gasteiger partial charge on any atom is -0.456 e. The van der Waals surface area contributed by atoms with E-state index in [4.69, 9.17) is 34.3 Å². The maximum atomic E-state index is 5.96. The fourth-order valence-corrected chi connectivity index (χ4v) is 1.90. The maximum absolute atomic E-state index is 5.96. The molecule has 0 aliphatic carbocycles. The van der Waals surface area contributed by atoms with Crippen molar-refractivity contribution in [2.45, 2.75) is 6.92 Å². The van der Waals surface area contributed by atoms with Gasteiger partial charge in [-0.2, -0.15) is 0 Å². The van der Waals surface area contributed by atoms with Crippen LogP contribution in [0.3, 0.4) is 0 Å². The Morgan fingerprint density at radius 2 is 1.89 bits per heavy atom. The summed E-state index contributed by atoms with van der Waals surface area (Å²) in [6.07, 6.45) is 0. The number of benzene rings is 2. The van der Waals surface area contributed by atoms with E-state index in [9.17, 15) is 0 Å². The number of rotatable bonds is 3. The van der Waals surface area contributed by atoms with E-state index < -0.39 is 0 Å². The third-order valence-corrected chi connectivity index (χ3v) is 2.98. The van der Waals surface area contributed by atoms with Gasteiger partial charge in [0.15, 0.2) is 0 Å². The Balaban J connectivity index is 2.42. The predicted molar refractivity (Wildman–Crippen MR) is 78.6 cm³/mol. The summed E-state index contributed by atoms with van der Waals surface area (Å²) in [7, 11) is 0. The molecule has 0 atom stereocenters. The van der Waals surface area contributed by atoms with Gasteiger partial charge >= 0.3 is 0 Å². The van der Waals surface area contributed by atoms with E-state index >= 15 is 0 Å². The molecule has 0 aliphatic heterocycles. The van der Waals surface area contributed by atoms with E-state index in [-0.39, 0.29) is 4.99 Å². The molecule has 0 bridgehead atoms. The van der Waals surface area contributed by atoms with Gasteiger partial charge in [-0.25, -0.2) is 0 Å². The number of ether oxygens (including phenoxy) is 1. The first-order chi connectivity index (χ1) is 8.58. The second kappa shape index (κ2) is 5.38. The third-order valence-electron chi connectivity index (χ3n) is 2.52. The molecule has 0 fully saturated rings. The Hall–Kier alpha value is -1.58. The van der Waals surface area contributed by atoms with Gasteiger partial charge in [-0.05, 0) is 30.7 Å².